The van der Waals surface area contributed by atoms with Crippen LogP contribution in [0.2, 0.25) is 0 Å². The van der Waals surface area contributed by atoms with Crippen LogP contribution in [0.3, 0.4) is 0 Å². The minimum absolute atomic E-state index is 1.02. The molecule has 0 saturated heterocycles. The van der Waals surface area contributed by atoms with E-state index in [1.165, 1.54) is 9.79 Å². The van der Waals surface area contributed by atoms with Gasteiger partial charge in [0.1, 0.15) is 0 Å². The molecule has 0 saturated carbocycles. The van der Waals surface area contributed by atoms with Crippen LogP contribution in [0.1, 0.15) is 0 Å². The molecule has 0 nitrogen and oxygen atoms in total. The second-order valence-corrected chi connectivity index (χ2v) is 6.65. The summed E-state index contributed by atoms with van der Waals surface area (Å²) >= 11 is 7.62. The molecule has 0 spiro atoms. The summed E-state index contributed by atoms with van der Waals surface area (Å²) in [5.74, 6) is 0. The second kappa shape index (κ2) is 13.2. The highest BCUT2D eigenvalue weighted by atomic mass is 32.2. The highest BCUT2D eigenvalue weighted by Crippen LogP contribution is 2.12. The molecule has 23 heavy (non-hydrogen) atoms. The van der Waals surface area contributed by atoms with E-state index in [4.69, 9.17) is 0 Å². The Hall–Kier alpha value is -1.29. The lowest BCUT2D eigenvalue weighted by Crippen LogP contribution is -1.62. The fraction of sp³-hybridized carbons (Fsp3) is 0.100. The van der Waals surface area contributed by atoms with Crippen LogP contribution in [0.15, 0.2) is 106 Å². The summed E-state index contributed by atoms with van der Waals surface area (Å²) in [6, 6.07) is 30.4. The van der Waals surface area contributed by atoms with Crippen LogP contribution < -0.4 is 0 Å². The van der Waals surface area contributed by atoms with Gasteiger partial charge in [-0.15, -0.1) is 36.2 Å². The van der Waals surface area contributed by atoms with E-state index >= 15 is 0 Å². The van der Waals surface area contributed by atoms with Crippen LogP contribution in [-0.4, -0.2) is 12.5 Å². The van der Waals surface area contributed by atoms with Crippen molar-refractivity contribution in [1.29, 1.82) is 0 Å². The average molecular weight is 359 g/mol. The molecule has 0 aliphatic heterocycles. The SMILES string of the molecule is CSc1ccccc1.CSc1ccccc1.Sc1ccccc1. The Kier molecular flexibility index (Phi) is 11.3. The van der Waals surface area contributed by atoms with Crippen LogP contribution in [0.4, 0.5) is 0 Å². The number of rotatable bonds is 2. The van der Waals surface area contributed by atoms with Crippen molar-refractivity contribution in [3.8, 4) is 0 Å². The topological polar surface area (TPSA) is 0 Å². The molecule has 0 atom stereocenters. The summed E-state index contributed by atoms with van der Waals surface area (Å²) in [5, 5.41) is 0. The highest BCUT2D eigenvalue weighted by Gasteiger charge is 1.81. The van der Waals surface area contributed by atoms with Gasteiger partial charge in [0.25, 0.3) is 0 Å². The lowest BCUT2D eigenvalue weighted by molar-refractivity contribution is 1.47. The molecule has 0 aliphatic carbocycles. The Labute approximate surface area is 154 Å². The van der Waals surface area contributed by atoms with Gasteiger partial charge in [-0.3, -0.25) is 0 Å². The van der Waals surface area contributed by atoms with Crippen molar-refractivity contribution in [3.05, 3.63) is 91.0 Å². The normalized spacial score (nSPS) is 9.00. The van der Waals surface area contributed by atoms with E-state index in [2.05, 4.69) is 49.4 Å². The van der Waals surface area contributed by atoms with E-state index in [0.717, 1.165) is 4.90 Å². The van der Waals surface area contributed by atoms with Crippen molar-refractivity contribution in [1.82, 2.24) is 0 Å². The highest BCUT2D eigenvalue weighted by molar-refractivity contribution is 7.98. The molecule has 0 bridgehead atoms. The Balaban J connectivity index is 0.000000173. The molecule has 3 heteroatoms. The predicted octanol–water partition coefficient (Wildman–Crippen LogP) is 6.79. The molecule has 0 unspecified atom stereocenters. The van der Waals surface area contributed by atoms with Gasteiger partial charge in [-0.1, -0.05) is 54.6 Å². The molecule has 0 aromatic heterocycles. The molecule has 120 valence electrons. The molecule has 0 aliphatic rings. The first-order valence-electron chi connectivity index (χ1n) is 7.18. The van der Waals surface area contributed by atoms with E-state index in [9.17, 15) is 0 Å². The van der Waals surface area contributed by atoms with Crippen molar-refractivity contribution in [2.45, 2.75) is 14.7 Å². The number of benzene rings is 3. The predicted molar refractivity (Wildman–Crippen MR) is 110 cm³/mol. The van der Waals surface area contributed by atoms with E-state index in [1.807, 2.05) is 66.7 Å². The Morgan fingerprint density at radius 1 is 0.522 bits per heavy atom. The fourth-order valence-electron chi connectivity index (χ4n) is 1.54. The van der Waals surface area contributed by atoms with Gasteiger partial charge in [-0.25, -0.2) is 0 Å². The van der Waals surface area contributed by atoms with E-state index in [0.29, 0.717) is 0 Å². The third-order valence-corrected chi connectivity index (χ3v) is 4.50. The van der Waals surface area contributed by atoms with Crippen molar-refractivity contribution in [2.75, 3.05) is 12.5 Å². The molecule has 0 N–H and O–H groups in total. The number of hydrogen-bond acceptors (Lipinski definition) is 3. The van der Waals surface area contributed by atoms with Crippen molar-refractivity contribution in [3.63, 3.8) is 0 Å². The maximum absolute atomic E-state index is 4.08. The molecule has 3 rings (SSSR count). The summed E-state index contributed by atoms with van der Waals surface area (Å²) in [5.41, 5.74) is 0. The second-order valence-electron chi connectivity index (χ2n) is 4.37. The third kappa shape index (κ3) is 10.2. The Bertz CT molecular complexity index is 571. The first-order chi connectivity index (χ1) is 11.3. The summed E-state index contributed by atoms with van der Waals surface area (Å²) < 4.78 is 0. The smallest absolute Gasteiger partial charge is 0.00691 e. The number of thioether (sulfide) groups is 2. The standard InChI is InChI=1S/2C7H8S.C6H6S/c2*1-8-7-5-3-2-4-6-7;7-6-4-2-1-3-5-6/h2*2-6H,1H3;1-5,7H. The van der Waals surface area contributed by atoms with E-state index in [1.54, 1.807) is 23.5 Å². The average Bonchev–Trinajstić information content (AvgIpc) is 2.65. The summed E-state index contributed by atoms with van der Waals surface area (Å²) in [6.07, 6.45) is 4.16. The van der Waals surface area contributed by atoms with Crippen LogP contribution in [0, 0.1) is 0 Å². The molecule has 3 aromatic carbocycles. The fourth-order valence-corrected chi connectivity index (χ4v) is 2.57. The molecular formula is C20H22S3. The quantitative estimate of drug-likeness (QED) is 0.395. The van der Waals surface area contributed by atoms with Crippen LogP contribution in [-0.2, 0) is 0 Å². The van der Waals surface area contributed by atoms with Crippen molar-refractivity contribution in [2.24, 2.45) is 0 Å². The summed E-state index contributed by atoms with van der Waals surface area (Å²) in [7, 11) is 0. The van der Waals surface area contributed by atoms with Gasteiger partial charge < -0.3 is 0 Å². The van der Waals surface area contributed by atoms with Crippen LogP contribution in [0.5, 0.6) is 0 Å². The number of hydrogen-bond donors (Lipinski definition) is 1. The van der Waals surface area contributed by atoms with Gasteiger partial charge in [-0.05, 0) is 48.9 Å². The minimum atomic E-state index is 1.02. The van der Waals surface area contributed by atoms with Gasteiger partial charge in [-0.2, -0.15) is 0 Å². The zero-order valence-corrected chi connectivity index (χ0v) is 16.0. The van der Waals surface area contributed by atoms with Crippen molar-refractivity contribution < 1.29 is 0 Å². The molecule has 0 amide bonds. The zero-order chi connectivity index (χ0) is 16.8. The summed E-state index contributed by atoms with van der Waals surface area (Å²) in [4.78, 5) is 3.67. The summed E-state index contributed by atoms with van der Waals surface area (Å²) in [6.45, 7) is 0. The Morgan fingerprint density at radius 2 is 0.826 bits per heavy atom. The monoisotopic (exact) mass is 358 g/mol. The van der Waals surface area contributed by atoms with Gasteiger partial charge in [0.05, 0.1) is 0 Å². The van der Waals surface area contributed by atoms with Gasteiger partial charge in [0.15, 0.2) is 0 Å². The van der Waals surface area contributed by atoms with E-state index < -0.39 is 0 Å². The molecule has 0 heterocycles. The zero-order valence-electron chi connectivity index (χ0n) is 13.4. The first-order valence-corrected chi connectivity index (χ1v) is 10.1. The van der Waals surface area contributed by atoms with Gasteiger partial charge in [0, 0.05) is 14.7 Å². The Morgan fingerprint density at radius 3 is 1.00 bits per heavy atom. The van der Waals surface area contributed by atoms with E-state index in [-0.39, 0.29) is 0 Å². The lowest BCUT2D eigenvalue weighted by Gasteiger charge is -1.89. The van der Waals surface area contributed by atoms with Crippen LogP contribution >= 0.6 is 36.2 Å². The molecule has 0 fully saturated rings. The maximum atomic E-state index is 4.08. The van der Waals surface area contributed by atoms with Crippen LogP contribution in [0.25, 0.3) is 0 Å². The maximum Gasteiger partial charge on any atom is 0.00691 e. The largest absolute Gasteiger partial charge is 0.143 e. The minimum Gasteiger partial charge on any atom is -0.143 e. The molecule has 3 aromatic rings. The van der Waals surface area contributed by atoms with Gasteiger partial charge in [0.2, 0.25) is 0 Å². The third-order valence-electron chi connectivity index (χ3n) is 2.71. The molecule has 0 radical (unpaired) electrons. The van der Waals surface area contributed by atoms with Gasteiger partial charge >= 0.3 is 0 Å². The van der Waals surface area contributed by atoms with Crippen molar-refractivity contribution >= 4 is 36.2 Å². The number of thiol groups is 1. The first kappa shape index (κ1) is 19.8. The molecular weight excluding hydrogens is 336 g/mol. The lowest BCUT2D eigenvalue weighted by atomic mass is 10.4.